The molecule has 0 saturated carbocycles. The van der Waals surface area contributed by atoms with E-state index in [4.69, 9.17) is 0 Å². The Morgan fingerprint density at radius 3 is 2.72 bits per heavy atom. The topological polar surface area (TPSA) is 57.8 Å². The molecular weight excluding hydrogens is 226 g/mol. The van der Waals surface area contributed by atoms with Crippen molar-refractivity contribution in [2.24, 2.45) is 0 Å². The van der Waals surface area contributed by atoms with Gasteiger partial charge in [0.1, 0.15) is 0 Å². The van der Waals surface area contributed by atoms with Gasteiger partial charge in [-0.2, -0.15) is 5.10 Å². The minimum Gasteiger partial charge on any atom is -0.326 e. The second-order valence-electron chi connectivity index (χ2n) is 4.51. The second-order valence-corrected chi connectivity index (χ2v) is 4.51. The van der Waals surface area contributed by atoms with E-state index in [1.807, 2.05) is 45.0 Å². The van der Waals surface area contributed by atoms with Crippen molar-refractivity contribution in [2.45, 2.75) is 27.2 Å². The number of anilines is 1. The summed E-state index contributed by atoms with van der Waals surface area (Å²) in [4.78, 5) is 11.9. The van der Waals surface area contributed by atoms with Crippen molar-refractivity contribution in [2.75, 3.05) is 5.32 Å². The van der Waals surface area contributed by atoms with Gasteiger partial charge in [0.15, 0.2) is 0 Å². The lowest BCUT2D eigenvalue weighted by molar-refractivity contribution is -0.115. The van der Waals surface area contributed by atoms with Crippen LogP contribution in [0.1, 0.15) is 22.5 Å². The van der Waals surface area contributed by atoms with Crippen molar-refractivity contribution in [1.82, 2.24) is 10.2 Å². The van der Waals surface area contributed by atoms with Crippen LogP contribution in [0.3, 0.4) is 0 Å². The summed E-state index contributed by atoms with van der Waals surface area (Å²) in [7, 11) is 0. The maximum Gasteiger partial charge on any atom is 0.228 e. The highest BCUT2D eigenvalue weighted by molar-refractivity contribution is 5.92. The Kier molecular flexibility index (Phi) is 3.46. The number of aromatic amines is 1. The van der Waals surface area contributed by atoms with Gasteiger partial charge in [-0.3, -0.25) is 9.89 Å². The number of hydrogen-bond donors (Lipinski definition) is 2. The van der Waals surface area contributed by atoms with Crippen molar-refractivity contribution in [1.29, 1.82) is 0 Å². The third kappa shape index (κ3) is 2.77. The average molecular weight is 243 g/mol. The maximum atomic E-state index is 11.9. The number of rotatable bonds is 3. The van der Waals surface area contributed by atoms with Crippen LogP contribution in [0.25, 0.3) is 0 Å². The van der Waals surface area contributed by atoms with Crippen molar-refractivity contribution < 1.29 is 4.79 Å². The lowest BCUT2D eigenvalue weighted by atomic mass is 10.1. The summed E-state index contributed by atoms with van der Waals surface area (Å²) in [5.41, 5.74) is 4.77. The quantitative estimate of drug-likeness (QED) is 0.870. The zero-order chi connectivity index (χ0) is 13.1. The van der Waals surface area contributed by atoms with Crippen molar-refractivity contribution in [3.8, 4) is 0 Å². The fourth-order valence-corrected chi connectivity index (χ4v) is 1.92. The highest BCUT2D eigenvalue weighted by atomic mass is 16.1. The van der Waals surface area contributed by atoms with Gasteiger partial charge < -0.3 is 5.32 Å². The third-order valence-electron chi connectivity index (χ3n) is 2.92. The van der Waals surface area contributed by atoms with Gasteiger partial charge in [0.2, 0.25) is 5.91 Å². The Morgan fingerprint density at radius 1 is 1.33 bits per heavy atom. The van der Waals surface area contributed by atoms with E-state index in [1.54, 1.807) is 0 Å². The number of carbonyl (C=O) groups is 1. The number of aromatic nitrogens is 2. The van der Waals surface area contributed by atoms with Crippen LogP contribution in [0.15, 0.2) is 24.3 Å². The van der Waals surface area contributed by atoms with E-state index in [2.05, 4.69) is 15.5 Å². The SMILES string of the molecule is Cc1cccc(NC(=O)Cc2c(C)n[nH]c2C)c1. The zero-order valence-corrected chi connectivity index (χ0v) is 10.9. The van der Waals surface area contributed by atoms with Gasteiger partial charge in [-0.1, -0.05) is 12.1 Å². The van der Waals surface area contributed by atoms with E-state index in [0.29, 0.717) is 6.42 Å². The van der Waals surface area contributed by atoms with Crippen LogP contribution in [-0.2, 0) is 11.2 Å². The number of H-pyrrole nitrogens is 1. The minimum atomic E-state index is -0.0202. The average Bonchev–Trinajstić information content (AvgIpc) is 2.61. The van der Waals surface area contributed by atoms with Gasteiger partial charge in [0.05, 0.1) is 12.1 Å². The molecule has 0 atom stereocenters. The third-order valence-corrected chi connectivity index (χ3v) is 2.92. The number of carbonyl (C=O) groups excluding carboxylic acids is 1. The van der Waals surface area contributed by atoms with E-state index in [1.165, 1.54) is 0 Å². The molecule has 0 unspecified atom stereocenters. The molecule has 1 aromatic heterocycles. The first-order chi connectivity index (χ1) is 8.56. The second kappa shape index (κ2) is 5.04. The van der Waals surface area contributed by atoms with Gasteiger partial charge >= 0.3 is 0 Å². The molecule has 2 aromatic rings. The number of benzene rings is 1. The summed E-state index contributed by atoms with van der Waals surface area (Å²) < 4.78 is 0. The summed E-state index contributed by atoms with van der Waals surface area (Å²) >= 11 is 0. The molecule has 0 bridgehead atoms. The maximum absolute atomic E-state index is 11.9. The Labute approximate surface area is 106 Å². The van der Waals surface area contributed by atoms with Gasteiger partial charge in [0.25, 0.3) is 0 Å². The van der Waals surface area contributed by atoms with Crippen LogP contribution in [-0.4, -0.2) is 16.1 Å². The molecule has 18 heavy (non-hydrogen) atoms. The minimum absolute atomic E-state index is 0.0202. The van der Waals surface area contributed by atoms with Gasteiger partial charge in [-0.05, 0) is 38.5 Å². The molecule has 4 heteroatoms. The van der Waals surface area contributed by atoms with Crippen molar-refractivity contribution in [3.05, 3.63) is 46.8 Å². The van der Waals surface area contributed by atoms with E-state index in [-0.39, 0.29) is 5.91 Å². The Hall–Kier alpha value is -2.10. The normalized spacial score (nSPS) is 10.4. The van der Waals surface area contributed by atoms with Gasteiger partial charge in [0, 0.05) is 16.9 Å². The zero-order valence-electron chi connectivity index (χ0n) is 10.9. The molecule has 2 N–H and O–H groups in total. The van der Waals surface area contributed by atoms with Crippen LogP contribution < -0.4 is 5.32 Å². The number of nitrogens with zero attached hydrogens (tertiary/aromatic N) is 1. The number of amides is 1. The summed E-state index contributed by atoms with van der Waals surface area (Å²) in [6, 6.07) is 7.77. The molecule has 0 saturated heterocycles. The van der Waals surface area contributed by atoms with Crippen LogP contribution >= 0.6 is 0 Å². The van der Waals surface area contributed by atoms with Crippen LogP contribution in [0, 0.1) is 20.8 Å². The van der Waals surface area contributed by atoms with Gasteiger partial charge in [-0.25, -0.2) is 0 Å². The highest BCUT2D eigenvalue weighted by Gasteiger charge is 2.11. The molecule has 2 rings (SSSR count). The molecule has 0 radical (unpaired) electrons. The van der Waals surface area contributed by atoms with Crippen molar-refractivity contribution in [3.63, 3.8) is 0 Å². The molecule has 94 valence electrons. The fraction of sp³-hybridized carbons (Fsp3) is 0.286. The molecule has 0 aliphatic rings. The fourth-order valence-electron chi connectivity index (χ4n) is 1.92. The van der Waals surface area contributed by atoms with E-state index in [9.17, 15) is 4.79 Å². The number of hydrogen-bond acceptors (Lipinski definition) is 2. The molecule has 1 heterocycles. The van der Waals surface area contributed by atoms with Crippen LogP contribution in [0.5, 0.6) is 0 Å². The van der Waals surface area contributed by atoms with Crippen LogP contribution in [0.4, 0.5) is 5.69 Å². The molecule has 1 aromatic carbocycles. The smallest absolute Gasteiger partial charge is 0.228 e. The number of nitrogens with one attached hydrogen (secondary N) is 2. The summed E-state index contributed by atoms with van der Waals surface area (Å²) in [5.74, 6) is -0.0202. The molecule has 4 nitrogen and oxygen atoms in total. The highest BCUT2D eigenvalue weighted by Crippen LogP contribution is 2.13. The Bertz CT molecular complexity index is 553. The van der Waals surface area contributed by atoms with E-state index < -0.39 is 0 Å². The standard InChI is InChI=1S/C14H17N3O/c1-9-5-4-6-12(7-9)15-14(18)8-13-10(2)16-17-11(13)3/h4-7H,8H2,1-3H3,(H,15,18)(H,16,17). The summed E-state index contributed by atoms with van der Waals surface area (Å²) in [5, 5.41) is 9.87. The number of aryl methyl sites for hydroxylation is 3. The van der Waals surface area contributed by atoms with Crippen molar-refractivity contribution >= 4 is 11.6 Å². The largest absolute Gasteiger partial charge is 0.326 e. The predicted molar refractivity (Wildman–Crippen MR) is 71.6 cm³/mol. The Balaban J connectivity index is 2.06. The Morgan fingerprint density at radius 2 is 2.11 bits per heavy atom. The lowest BCUT2D eigenvalue weighted by Gasteiger charge is -2.06. The summed E-state index contributed by atoms with van der Waals surface area (Å²) in [6.45, 7) is 5.83. The first kappa shape index (κ1) is 12.4. The van der Waals surface area contributed by atoms with E-state index in [0.717, 1.165) is 28.2 Å². The summed E-state index contributed by atoms with van der Waals surface area (Å²) in [6.07, 6.45) is 0.349. The lowest BCUT2D eigenvalue weighted by Crippen LogP contribution is -2.15. The molecule has 0 aliphatic heterocycles. The molecule has 0 spiro atoms. The van der Waals surface area contributed by atoms with Gasteiger partial charge in [-0.15, -0.1) is 0 Å². The molecule has 0 aliphatic carbocycles. The predicted octanol–water partition coefficient (Wildman–Crippen LogP) is 2.52. The monoisotopic (exact) mass is 243 g/mol. The van der Waals surface area contributed by atoms with E-state index >= 15 is 0 Å². The molecular formula is C14H17N3O. The molecule has 0 fully saturated rings. The van der Waals surface area contributed by atoms with Crippen LogP contribution in [0.2, 0.25) is 0 Å². The first-order valence-corrected chi connectivity index (χ1v) is 5.93. The molecule has 1 amide bonds. The first-order valence-electron chi connectivity index (χ1n) is 5.93.